The highest BCUT2D eigenvalue weighted by Crippen LogP contribution is 2.35. The van der Waals surface area contributed by atoms with Crippen LogP contribution in [0.25, 0.3) is 22.1 Å². The molecule has 2 aromatic heterocycles. The van der Waals surface area contributed by atoms with Crippen molar-refractivity contribution in [3.8, 4) is 0 Å². The number of H-pyrrole nitrogens is 1. The molecule has 0 atom stereocenters. The van der Waals surface area contributed by atoms with Crippen LogP contribution in [0.5, 0.6) is 0 Å². The number of nitrogens with zero attached hydrogens (tertiary/aromatic N) is 3. The van der Waals surface area contributed by atoms with Gasteiger partial charge in [0.05, 0.1) is 22.8 Å². The van der Waals surface area contributed by atoms with E-state index in [-0.39, 0.29) is 4.47 Å². The van der Waals surface area contributed by atoms with Gasteiger partial charge in [0.25, 0.3) is 0 Å². The van der Waals surface area contributed by atoms with E-state index in [1.165, 1.54) is 11.7 Å². The van der Waals surface area contributed by atoms with Gasteiger partial charge in [0.15, 0.2) is 0 Å². The maximum absolute atomic E-state index is 13.0. The van der Waals surface area contributed by atoms with E-state index in [2.05, 4.69) is 40.0 Å². The van der Waals surface area contributed by atoms with Gasteiger partial charge in [-0.3, -0.25) is 0 Å². The van der Waals surface area contributed by atoms with Crippen LogP contribution < -0.4 is 5.32 Å². The van der Waals surface area contributed by atoms with E-state index < -0.39 is 11.7 Å². The maximum Gasteiger partial charge on any atom is 0.416 e. The predicted molar refractivity (Wildman–Crippen MR) is 120 cm³/mol. The predicted octanol–water partition coefficient (Wildman–Crippen LogP) is 7.24. The third-order valence-corrected chi connectivity index (χ3v) is 6.60. The Hall–Kier alpha value is -2.63. The van der Waals surface area contributed by atoms with Crippen molar-refractivity contribution in [3.63, 3.8) is 0 Å². The lowest BCUT2D eigenvalue weighted by Gasteiger charge is -2.06. The molecule has 0 aliphatic rings. The SMILES string of the molecule is FC(F)(F)c1cc(Br)c2nc(Nc3ccc(Sc4ccc5nsnc5c4)cc3)[nH]c2c1. The van der Waals surface area contributed by atoms with E-state index in [1.54, 1.807) is 11.8 Å². The highest BCUT2D eigenvalue weighted by atomic mass is 79.9. The van der Waals surface area contributed by atoms with Crippen molar-refractivity contribution in [1.29, 1.82) is 0 Å². The summed E-state index contributed by atoms with van der Waals surface area (Å²) in [6.45, 7) is 0. The first-order chi connectivity index (χ1) is 14.8. The molecule has 2 heterocycles. The number of imidazole rings is 1. The number of halogens is 4. The van der Waals surface area contributed by atoms with E-state index >= 15 is 0 Å². The molecule has 2 N–H and O–H groups in total. The molecule has 5 nitrogen and oxygen atoms in total. The molecule has 0 fully saturated rings. The molecule has 31 heavy (non-hydrogen) atoms. The van der Waals surface area contributed by atoms with Crippen LogP contribution in [-0.4, -0.2) is 18.7 Å². The van der Waals surface area contributed by atoms with Crippen LogP contribution >= 0.6 is 39.4 Å². The largest absolute Gasteiger partial charge is 0.416 e. The van der Waals surface area contributed by atoms with Gasteiger partial charge < -0.3 is 10.3 Å². The van der Waals surface area contributed by atoms with Crippen LogP contribution in [0, 0.1) is 0 Å². The van der Waals surface area contributed by atoms with E-state index in [9.17, 15) is 13.2 Å². The molecule has 11 heteroatoms. The van der Waals surface area contributed by atoms with Gasteiger partial charge in [-0.25, -0.2) is 4.98 Å². The van der Waals surface area contributed by atoms with Gasteiger partial charge in [-0.1, -0.05) is 11.8 Å². The molecule has 0 saturated carbocycles. The first kappa shape index (κ1) is 20.3. The molecule has 0 bridgehead atoms. The van der Waals surface area contributed by atoms with Crippen molar-refractivity contribution in [2.24, 2.45) is 0 Å². The van der Waals surface area contributed by atoms with E-state index in [0.717, 1.165) is 38.6 Å². The normalized spacial score (nSPS) is 12.0. The number of benzene rings is 3. The molecule has 0 aliphatic carbocycles. The minimum atomic E-state index is -4.43. The quantitative estimate of drug-likeness (QED) is 0.261. The third kappa shape index (κ3) is 4.25. The number of hydrogen-bond donors (Lipinski definition) is 2. The van der Waals surface area contributed by atoms with Crippen LogP contribution in [0.4, 0.5) is 24.8 Å². The number of nitrogens with one attached hydrogen (secondary N) is 2. The smallest absolute Gasteiger partial charge is 0.326 e. The molecule has 0 spiro atoms. The Morgan fingerprint density at radius 3 is 2.45 bits per heavy atom. The van der Waals surface area contributed by atoms with Crippen molar-refractivity contribution in [2.75, 3.05) is 5.32 Å². The molecule has 5 aromatic rings. The number of alkyl halides is 3. The number of fused-ring (bicyclic) bond motifs is 2. The van der Waals surface area contributed by atoms with E-state index in [0.29, 0.717) is 17.0 Å². The fourth-order valence-electron chi connectivity index (χ4n) is 3.00. The summed E-state index contributed by atoms with van der Waals surface area (Å²) in [5.74, 6) is 0.358. The second kappa shape index (κ2) is 7.81. The molecule has 156 valence electrons. The van der Waals surface area contributed by atoms with Crippen molar-refractivity contribution >= 4 is 73.1 Å². The van der Waals surface area contributed by atoms with Gasteiger partial charge in [0, 0.05) is 20.0 Å². The number of anilines is 2. The molecule has 0 aliphatic heterocycles. The summed E-state index contributed by atoms with van der Waals surface area (Å²) in [5, 5.41) is 3.10. The molecule has 0 radical (unpaired) electrons. The zero-order chi connectivity index (χ0) is 21.6. The van der Waals surface area contributed by atoms with E-state index in [1.807, 2.05) is 42.5 Å². The molecular weight excluding hydrogens is 511 g/mol. The average Bonchev–Trinajstić information content (AvgIpc) is 3.35. The Bertz CT molecular complexity index is 1400. The minimum Gasteiger partial charge on any atom is -0.326 e. The zero-order valence-corrected chi connectivity index (χ0v) is 18.6. The molecule has 5 rings (SSSR count). The van der Waals surface area contributed by atoms with Crippen LogP contribution in [0.15, 0.2) is 68.9 Å². The molecule has 0 saturated heterocycles. The zero-order valence-electron chi connectivity index (χ0n) is 15.4. The summed E-state index contributed by atoms with van der Waals surface area (Å²) in [7, 11) is 0. The van der Waals surface area contributed by atoms with Crippen molar-refractivity contribution in [2.45, 2.75) is 16.0 Å². The Morgan fingerprint density at radius 1 is 0.935 bits per heavy atom. The van der Waals surface area contributed by atoms with Crippen molar-refractivity contribution in [3.05, 3.63) is 64.6 Å². The Kier molecular flexibility index (Phi) is 5.11. The van der Waals surface area contributed by atoms with Crippen LogP contribution in [0.2, 0.25) is 0 Å². The van der Waals surface area contributed by atoms with Crippen LogP contribution in [0.3, 0.4) is 0 Å². The first-order valence-corrected chi connectivity index (χ1v) is 11.2. The van der Waals surface area contributed by atoms with Gasteiger partial charge in [0.1, 0.15) is 16.6 Å². The van der Waals surface area contributed by atoms with Gasteiger partial charge in [-0.15, -0.1) is 0 Å². The number of rotatable bonds is 4. The highest BCUT2D eigenvalue weighted by molar-refractivity contribution is 9.10. The monoisotopic (exact) mass is 521 g/mol. The second-order valence-electron chi connectivity index (χ2n) is 6.60. The number of aromatic nitrogens is 4. The van der Waals surface area contributed by atoms with E-state index in [4.69, 9.17) is 0 Å². The number of hydrogen-bond acceptors (Lipinski definition) is 6. The molecular formula is C20H11BrF3N5S2. The fourth-order valence-corrected chi connectivity index (χ4v) is 4.92. The summed E-state index contributed by atoms with van der Waals surface area (Å²) in [5.41, 5.74) is 2.49. The fraction of sp³-hybridized carbons (Fsp3) is 0.0500. The molecule has 0 amide bonds. The summed E-state index contributed by atoms with van der Waals surface area (Å²) in [4.78, 5) is 9.34. The lowest BCUT2D eigenvalue weighted by molar-refractivity contribution is -0.137. The van der Waals surface area contributed by atoms with Crippen LogP contribution in [-0.2, 0) is 6.18 Å². The third-order valence-electron chi connectivity index (χ3n) is 4.45. The number of aromatic amines is 1. The first-order valence-electron chi connectivity index (χ1n) is 8.89. The molecule has 3 aromatic carbocycles. The van der Waals surface area contributed by atoms with Gasteiger partial charge in [0.2, 0.25) is 5.95 Å². The maximum atomic E-state index is 13.0. The van der Waals surface area contributed by atoms with Crippen molar-refractivity contribution < 1.29 is 13.2 Å². The summed E-state index contributed by atoms with van der Waals surface area (Å²) in [6.07, 6.45) is -4.43. The van der Waals surface area contributed by atoms with Crippen molar-refractivity contribution in [1.82, 2.24) is 18.7 Å². The summed E-state index contributed by atoms with van der Waals surface area (Å²) >= 11 is 5.96. The topological polar surface area (TPSA) is 66.5 Å². The lowest BCUT2D eigenvalue weighted by Crippen LogP contribution is -2.04. The van der Waals surface area contributed by atoms with Gasteiger partial charge in [-0.05, 0) is 70.5 Å². The second-order valence-corrected chi connectivity index (χ2v) is 9.13. The summed E-state index contributed by atoms with van der Waals surface area (Å²) in [6, 6.07) is 15.7. The average molecular weight is 522 g/mol. The standard InChI is InChI=1S/C20H11BrF3N5S2/c21-14-7-10(20(22,23)24)8-17-18(14)27-19(26-17)25-11-1-3-12(4-2-11)30-13-5-6-15-16(9-13)29-31-28-15/h1-9H,(H2,25,26,27). The Morgan fingerprint density at radius 2 is 1.68 bits per heavy atom. The Labute approximate surface area is 190 Å². The summed E-state index contributed by atoms with van der Waals surface area (Å²) < 4.78 is 47.8. The lowest BCUT2D eigenvalue weighted by atomic mass is 10.2. The van der Waals surface area contributed by atoms with Gasteiger partial charge in [-0.2, -0.15) is 21.9 Å². The minimum absolute atomic E-state index is 0.278. The van der Waals surface area contributed by atoms with Gasteiger partial charge >= 0.3 is 6.18 Å². The Balaban J connectivity index is 1.34. The van der Waals surface area contributed by atoms with Crippen LogP contribution in [0.1, 0.15) is 5.56 Å². The highest BCUT2D eigenvalue weighted by Gasteiger charge is 2.31. The molecule has 0 unspecified atom stereocenters.